The molecular weight excluding hydrogens is 405 g/mol. The highest BCUT2D eigenvalue weighted by Gasteiger charge is 2.34. The van der Waals surface area contributed by atoms with E-state index in [1.807, 2.05) is 12.1 Å². The number of rotatable bonds is 5. The highest BCUT2D eigenvalue weighted by atomic mass is 32.1. The molecule has 1 aliphatic rings. The fourth-order valence-corrected chi connectivity index (χ4v) is 4.77. The number of amides is 1. The Bertz CT molecular complexity index is 1160. The van der Waals surface area contributed by atoms with Gasteiger partial charge in [0.05, 0.1) is 5.69 Å². The van der Waals surface area contributed by atoms with E-state index in [-0.39, 0.29) is 29.7 Å². The van der Waals surface area contributed by atoms with Crippen LogP contribution in [0.15, 0.2) is 48.5 Å². The number of thiophene rings is 1. The van der Waals surface area contributed by atoms with Crippen molar-refractivity contribution in [2.75, 3.05) is 11.9 Å². The van der Waals surface area contributed by atoms with Crippen molar-refractivity contribution in [1.82, 2.24) is 0 Å². The summed E-state index contributed by atoms with van der Waals surface area (Å²) in [5.74, 6) is 0.983. The van der Waals surface area contributed by atoms with Gasteiger partial charge < -0.3 is 15.2 Å². The van der Waals surface area contributed by atoms with Crippen LogP contribution in [0.3, 0.4) is 0 Å². The second-order valence-electron chi connectivity index (χ2n) is 6.72. The highest BCUT2D eigenvalue weighted by molar-refractivity contribution is 7.15. The number of anilines is 1. The second kappa shape index (κ2) is 8.01. The summed E-state index contributed by atoms with van der Waals surface area (Å²) in [6, 6.07) is 12.8. The van der Waals surface area contributed by atoms with E-state index in [4.69, 9.17) is 11.2 Å². The molecule has 1 amide bonds. The molecule has 0 saturated carbocycles. The molecular formula is C23H16FNO4S. The normalized spacial score (nSPS) is 15.1. The smallest absolute Gasteiger partial charge is 0.346 e. The zero-order valence-electron chi connectivity index (χ0n) is 15.6. The summed E-state index contributed by atoms with van der Waals surface area (Å²) in [6.45, 7) is 0.156. The zero-order chi connectivity index (χ0) is 21.3. The number of benzene rings is 2. The number of aromatic carboxylic acids is 1. The first-order chi connectivity index (χ1) is 14.5. The topological polar surface area (TPSA) is 75.6 Å². The van der Waals surface area contributed by atoms with Crippen LogP contribution in [0.2, 0.25) is 0 Å². The van der Waals surface area contributed by atoms with Gasteiger partial charge in [0, 0.05) is 22.8 Å². The molecule has 5 nitrogen and oxygen atoms in total. The Morgan fingerprint density at radius 3 is 2.57 bits per heavy atom. The number of terminal acetylenes is 1. The molecule has 0 spiro atoms. The third-order valence-corrected chi connectivity index (χ3v) is 6.13. The lowest BCUT2D eigenvalue weighted by Crippen LogP contribution is -2.22. The van der Waals surface area contributed by atoms with E-state index in [0.717, 1.165) is 21.8 Å². The van der Waals surface area contributed by atoms with Crippen LogP contribution in [0.1, 0.15) is 32.5 Å². The van der Waals surface area contributed by atoms with E-state index in [9.17, 15) is 19.1 Å². The molecule has 1 unspecified atom stereocenters. The molecule has 1 aromatic heterocycles. The Kier molecular flexibility index (Phi) is 5.25. The van der Waals surface area contributed by atoms with Gasteiger partial charge in [0.15, 0.2) is 0 Å². The maximum atomic E-state index is 13.4. The number of halogens is 1. The monoisotopic (exact) mass is 421 g/mol. The molecule has 2 heterocycles. The molecule has 2 aromatic carbocycles. The Labute approximate surface area is 176 Å². The largest absolute Gasteiger partial charge is 0.481 e. The molecule has 0 radical (unpaired) electrons. The van der Waals surface area contributed by atoms with Crippen molar-refractivity contribution < 1.29 is 23.8 Å². The molecule has 0 saturated heterocycles. The lowest BCUT2D eigenvalue weighted by atomic mass is 9.88. The molecule has 2 N–H and O–H groups in total. The van der Waals surface area contributed by atoms with Gasteiger partial charge in [0.2, 0.25) is 5.91 Å². The number of fused-ring (bicyclic) bond motifs is 1. The van der Waals surface area contributed by atoms with Gasteiger partial charge in [0.1, 0.15) is 23.1 Å². The number of hydrogen-bond donors (Lipinski definition) is 2. The summed E-state index contributed by atoms with van der Waals surface area (Å²) >= 11 is 1.13. The average Bonchev–Trinajstić information content (AvgIpc) is 3.12. The third kappa shape index (κ3) is 3.65. The van der Waals surface area contributed by atoms with E-state index < -0.39 is 11.8 Å². The number of carboxylic acids is 1. The Morgan fingerprint density at radius 1 is 1.23 bits per heavy atom. The maximum absolute atomic E-state index is 13.4. The summed E-state index contributed by atoms with van der Waals surface area (Å²) in [4.78, 5) is 25.3. The van der Waals surface area contributed by atoms with Crippen molar-refractivity contribution in [3.05, 3.63) is 69.7 Å². The number of ether oxygens (including phenoxy) is 1. The van der Waals surface area contributed by atoms with Crippen LogP contribution in [-0.4, -0.2) is 23.6 Å². The molecule has 1 atom stereocenters. The molecule has 150 valence electrons. The minimum Gasteiger partial charge on any atom is -0.481 e. The number of carbonyl (C=O) groups is 2. The first kappa shape index (κ1) is 19.7. The summed E-state index contributed by atoms with van der Waals surface area (Å²) in [6.07, 6.45) is 5.40. The van der Waals surface area contributed by atoms with Crippen LogP contribution in [0.25, 0.3) is 11.1 Å². The predicted octanol–water partition coefficient (Wildman–Crippen LogP) is 4.74. The quantitative estimate of drug-likeness (QED) is 0.584. The van der Waals surface area contributed by atoms with Crippen molar-refractivity contribution in [2.45, 2.75) is 12.3 Å². The first-order valence-electron chi connectivity index (χ1n) is 9.10. The molecule has 4 rings (SSSR count). The lowest BCUT2D eigenvalue weighted by molar-refractivity contribution is -0.116. The van der Waals surface area contributed by atoms with Gasteiger partial charge in [-0.2, -0.15) is 0 Å². The first-order valence-corrected chi connectivity index (χ1v) is 9.91. The number of carbonyl (C=O) groups excluding carboxylic acids is 1. The molecule has 0 fully saturated rings. The van der Waals surface area contributed by atoms with E-state index in [0.29, 0.717) is 22.6 Å². The summed E-state index contributed by atoms with van der Waals surface area (Å²) in [5, 5.41) is 12.6. The summed E-state index contributed by atoms with van der Waals surface area (Å²) in [5.41, 5.74) is 2.26. The van der Waals surface area contributed by atoms with Gasteiger partial charge in [-0.3, -0.25) is 4.79 Å². The average molecular weight is 421 g/mol. The second-order valence-corrected chi connectivity index (χ2v) is 7.78. The van der Waals surface area contributed by atoms with Gasteiger partial charge in [-0.05, 0) is 35.4 Å². The van der Waals surface area contributed by atoms with Crippen LogP contribution in [0.5, 0.6) is 5.75 Å². The van der Waals surface area contributed by atoms with Crippen molar-refractivity contribution >= 4 is 28.9 Å². The summed E-state index contributed by atoms with van der Waals surface area (Å²) < 4.78 is 18.8. The van der Waals surface area contributed by atoms with Gasteiger partial charge >= 0.3 is 5.97 Å². The number of nitrogens with one attached hydrogen (secondary N) is 1. The molecule has 0 bridgehead atoms. The van der Waals surface area contributed by atoms with Crippen LogP contribution in [0.4, 0.5) is 10.1 Å². The Balaban J connectivity index is 1.81. The maximum Gasteiger partial charge on any atom is 0.346 e. The van der Waals surface area contributed by atoms with Crippen LogP contribution < -0.4 is 10.1 Å². The molecule has 3 aromatic rings. The van der Waals surface area contributed by atoms with E-state index >= 15 is 0 Å². The minimum atomic E-state index is -1.10. The van der Waals surface area contributed by atoms with E-state index in [1.165, 1.54) is 24.3 Å². The van der Waals surface area contributed by atoms with E-state index in [1.54, 1.807) is 12.1 Å². The Hall–Kier alpha value is -3.63. The zero-order valence-corrected chi connectivity index (χ0v) is 16.5. The van der Waals surface area contributed by atoms with Gasteiger partial charge in [-0.15, -0.1) is 17.8 Å². The number of hydrogen-bond acceptors (Lipinski definition) is 4. The Morgan fingerprint density at radius 2 is 1.93 bits per heavy atom. The van der Waals surface area contributed by atoms with Gasteiger partial charge in [-0.25, -0.2) is 9.18 Å². The van der Waals surface area contributed by atoms with Crippen LogP contribution in [0, 0.1) is 18.2 Å². The predicted molar refractivity (Wildman–Crippen MR) is 113 cm³/mol. The lowest BCUT2D eigenvalue weighted by Gasteiger charge is -2.24. The third-order valence-electron chi connectivity index (χ3n) is 4.84. The highest BCUT2D eigenvalue weighted by Crippen LogP contribution is 2.49. The van der Waals surface area contributed by atoms with Gasteiger partial charge in [-0.1, -0.05) is 30.2 Å². The van der Waals surface area contributed by atoms with Crippen molar-refractivity contribution in [1.29, 1.82) is 0 Å². The van der Waals surface area contributed by atoms with Crippen LogP contribution in [-0.2, 0) is 4.79 Å². The summed E-state index contributed by atoms with van der Waals surface area (Å²) in [7, 11) is 0. The van der Waals surface area contributed by atoms with Crippen molar-refractivity contribution in [2.24, 2.45) is 0 Å². The SMILES string of the molecule is C#CCOc1ccc(C2CC(=O)Nc3c2sc(C(=O)O)c3-c2ccc(F)cc2)cc1. The fraction of sp³-hybridized carbons (Fsp3) is 0.130. The molecule has 30 heavy (non-hydrogen) atoms. The molecule has 7 heteroatoms. The van der Waals surface area contributed by atoms with Gasteiger partial charge in [0.25, 0.3) is 0 Å². The fourth-order valence-electron chi connectivity index (χ4n) is 3.52. The minimum absolute atomic E-state index is 0.104. The van der Waals surface area contributed by atoms with Crippen molar-refractivity contribution in [3.63, 3.8) is 0 Å². The van der Waals surface area contributed by atoms with Crippen LogP contribution >= 0.6 is 11.3 Å². The standard InChI is InChI=1S/C23H16FNO4S/c1-2-11-29-16-9-5-13(6-10-16)17-12-18(26)25-20-19(14-3-7-15(24)8-4-14)22(23(27)28)30-21(17)20/h1,3-10,17H,11-12H2,(H,25,26)(H,27,28). The molecule has 1 aliphatic heterocycles. The van der Waals surface area contributed by atoms with Crippen molar-refractivity contribution in [3.8, 4) is 29.2 Å². The van der Waals surface area contributed by atoms with E-state index in [2.05, 4.69) is 11.2 Å². The number of carboxylic acid groups (broad SMARTS) is 1. The molecule has 0 aliphatic carbocycles.